The number of rotatable bonds is 7. The fourth-order valence-corrected chi connectivity index (χ4v) is 2.30. The number of likely N-dealkylation sites (tertiary alicyclic amines) is 1. The Labute approximate surface area is 123 Å². The number of nitrogens with zero attached hydrogens (tertiary/aromatic N) is 1. The van der Waals surface area contributed by atoms with Crippen molar-refractivity contribution in [3.05, 3.63) is 30.3 Å². The Morgan fingerprint density at radius 2 is 2.00 bits per heavy atom. The van der Waals surface area contributed by atoms with Gasteiger partial charge in [-0.15, -0.1) is 0 Å². The van der Waals surface area contributed by atoms with Gasteiger partial charge < -0.3 is 19.5 Å². The minimum absolute atomic E-state index is 0.109. The van der Waals surface area contributed by atoms with E-state index in [0.29, 0.717) is 19.6 Å². The smallest absolute Gasteiger partial charge is 0.326 e. The van der Waals surface area contributed by atoms with Gasteiger partial charge in [0, 0.05) is 6.54 Å². The van der Waals surface area contributed by atoms with E-state index in [-0.39, 0.29) is 19.1 Å². The van der Waals surface area contributed by atoms with Crippen molar-refractivity contribution >= 4 is 11.9 Å². The predicted molar refractivity (Wildman–Crippen MR) is 75.1 cm³/mol. The van der Waals surface area contributed by atoms with Gasteiger partial charge in [-0.05, 0) is 25.0 Å². The van der Waals surface area contributed by atoms with Gasteiger partial charge in [0.15, 0.2) is 0 Å². The van der Waals surface area contributed by atoms with Gasteiger partial charge in [-0.1, -0.05) is 18.2 Å². The highest BCUT2D eigenvalue weighted by Gasteiger charge is 2.33. The number of para-hydroxylation sites is 1. The molecule has 1 fully saturated rings. The van der Waals surface area contributed by atoms with Gasteiger partial charge in [-0.3, -0.25) is 4.79 Å². The maximum Gasteiger partial charge on any atom is 0.326 e. The van der Waals surface area contributed by atoms with Crippen molar-refractivity contribution in [3.8, 4) is 5.75 Å². The van der Waals surface area contributed by atoms with Crippen LogP contribution in [0.25, 0.3) is 0 Å². The number of carbonyl (C=O) groups is 2. The second kappa shape index (κ2) is 7.64. The van der Waals surface area contributed by atoms with Crippen LogP contribution in [0.5, 0.6) is 5.75 Å². The normalized spacial score (nSPS) is 17.7. The summed E-state index contributed by atoms with van der Waals surface area (Å²) >= 11 is 0. The molecule has 0 spiro atoms. The van der Waals surface area contributed by atoms with E-state index in [1.165, 1.54) is 4.90 Å². The third-order valence-electron chi connectivity index (χ3n) is 3.32. The van der Waals surface area contributed by atoms with E-state index in [1.54, 1.807) is 0 Å². The maximum atomic E-state index is 11.9. The lowest BCUT2D eigenvalue weighted by Gasteiger charge is -2.21. The molecule has 0 radical (unpaired) electrons. The van der Waals surface area contributed by atoms with E-state index in [0.717, 1.165) is 12.2 Å². The van der Waals surface area contributed by atoms with E-state index in [9.17, 15) is 9.59 Å². The van der Waals surface area contributed by atoms with Crippen molar-refractivity contribution < 1.29 is 24.2 Å². The Balaban J connectivity index is 1.64. The molecular formula is C15H19NO5. The highest BCUT2D eigenvalue weighted by molar-refractivity contribution is 5.84. The number of carboxylic acids is 1. The van der Waals surface area contributed by atoms with Crippen molar-refractivity contribution in [1.82, 2.24) is 4.90 Å². The summed E-state index contributed by atoms with van der Waals surface area (Å²) in [7, 11) is 0. The molecule has 0 aromatic heterocycles. The average molecular weight is 293 g/mol. The second-order valence-electron chi connectivity index (χ2n) is 4.80. The summed E-state index contributed by atoms with van der Waals surface area (Å²) in [6.07, 6.45) is 1.23. The predicted octanol–water partition coefficient (Wildman–Crippen LogP) is 1.16. The Bertz CT molecular complexity index is 476. The Kier molecular flexibility index (Phi) is 5.57. The van der Waals surface area contributed by atoms with Gasteiger partial charge >= 0.3 is 5.97 Å². The topological polar surface area (TPSA) is 76.1 Å². The molecule has 1 aliphatic heterocycles. The molecule has 1 aromatic carbocycles. The van der Waals surface area contributed by atoms with Crippen LogP contribution in [0, 0.1) is 0 Å². The Morgan fingerprint density at radius 1 is 1.24 bits per heavy atom. The summed E-state index contributed by atoms with van der Waals surface area (Å²) in [5, 5.41) is 9.01. The number of ether oxygens (including phenoxy) is 2. The summed E-state index contributed by atoms with van der Waals surface area (Å²) in [6, 6.07) is 8.62. The van der Waals surface area contributed by atoms with E-state index in [1.807, 2.05) is 30.3 Å². The van der Waals surface area contributed by atoms with Crippen molar-refractivity contribution in [1.29, 1.82) is 0 Å². The Hall–Kier alpha value is -2.08. The molecule has 6 nitrogen and oxygen atoms in total. The molecule has 1 heterocycles. The molecule has 114 valence electrons. The van der Waals surface area contributed by atoms with Gasteiger partial charge in [0.1, 0.15) is 25.0 Å². The fourth-order valence-electron chi connectivity index (χ4n) is 2.30. The van der Waals surface area contributed by atoms with Crippen LogP contribution in [0.15, 0.2) is 30.3 Å². The van der Waals surface area contributed by atoms with E-state index >= 15 is 0 Å². The van der Waals surface area contributed by atoms with Crippen LogP contribution in [0.3, 0.4) is 0 Å². The number of hydrogen-bond donors (Lipinski definition) is 1. The molecule has 0 saturated carbocycles. The molecule has 1 atom stereocenters. The highest BCUT2D eigenvalue weighted by atomic mass is 16.5. The number of aliphatic carboxylic acids is 1. The summed E-state index contributed by atoms with van der Waals surface area (Å²) < 4.78 is 10.7. The average Bonchev–Trinajstić information content (AvgIpc) is 2.97. The third kappa shape index (κ3) is 4.46. The first-order valence-electron chi connectivity index (χ1n) is 6.96. The standard InChI is InChI=1S/C15H19NO5/c17-14(16-8-4-7-13(16)15(18)19)11-20-9-10-21-12-5-2-1-3-6-12/h1-3,5-6,13H,4,7-11H2,(H,18,19)/t13-/m1/s1. The number of carbonyl (C=O) groups excluding carboxylic acids is 1. The first-order valence-corrected chi connectivity index (χ1v) is 6.96. The van der Waals surface area contributed by atoms with Crippen molar-refractivity contribution in [3.63, 3.8) is 0 Å². The first kappa shape index (κ1) is 15.3. The first-order chi connectivity index (χ1) is 10.2. The van der Waals surface area contributed by atoms with Crippen LogP contribution in [-0.2, 0) is 14.3 Å². The quantitative estimate of drug-likeness (QED) is 0.763. The van der Waals surface area contributed by atoms with E-state index in [4.69, 9.17) is 14.6 Å². The van der Waals surface area contributed by atoms with E-state index in [2.05, 4.69) is 0 Å². The molecular weight excluding hydrogens is 274 g/mol. The zero-order chi connectivity index (χ0) is 15.1. The van der Waals surface area contributed by atoms with Crippen LogP contribution in [0.2, 0.25) is 0 Å². The molecule has 1 N–H and O–H groups in total. The molecule has 1 aliphatic rings. The van der Waals surface area contributed by atoms with Gasteiger partial charge in [0.25, 0.3) is 0 Å². The van der Waals surface area contributed by atoms with Gasteiger partial charge in [0.2, 0.25) is 5.91 Å². The number of hydrogen-bond acceptors (Lipinski definition) is 4. The second-order valence-corrected chi connectivity index (χ2v) is 4.80. The lowest BCUT2D eigenvalue weighted by atomic mass is 10.2. The van der Waals surface area contributed by atoms with Crippen LogP contribution in [0.4, 0.5) is 0 Å². The fraction of sp³-hybridized carbons (Fsp3) is 0.467. The minimum atomic E-state index is -0.951. The van der Waals surface area contributed by atoms with Gasteiger partial charge in [-0.25, -0.2) is 4.79 Å². The molecule has 1 amide bonds. The van der Waals surface area contributed by atoms with Crippen molar-refractivity contribution in [2.24, 2.45) is 0 Å². The summed E-state index contributed by atoms with van der Waals surface area (Å²) in [6.45, 7) is 1.01. The largest absolute Gasteiger partial charge is 0.491 e. The van der Waals surface area contributed by atoms with Crippen LogP contribution < -0.4 is 4.74 Å². The SMILES string of the molecule is O=C(O)[C@H]1CCCN1C(=O)COCCOc1ccccc1. The molecule has 2 rings (SSSR count). The lowest BCUT2D eigenvalue weighted by Crippen LogP contribution is -2.42. The van der Waals surface area contributed by atoms with Gasteiger partial charge in [0.05, 0.1) is 6.61 Å². The zero-order valence-corrected chi connectivity index (χ0v) is 11.7. The Morgan fingerprint density at radius 3 is 2.71 bits per heavy atom. The summed E-state index contributed by atoms with van der Waals surface area (Å²) in [5.74, 6) is -0.481. The molecule has 0 aliphatic carbocycles. The summed E-state index contributed by atoms with van der Waals surface area (Å²) in [5.41, 5.74) is 0. The molecule has 0 bridgehead atoms. The molecule has 1 saturated heterocycles. The maximum absolute atomic E-state index is 11.9. The van der Waals surface area contributed by atoms with Crippen LogP contribution in [0.1, 0.15) is 12.8 Å². The zero-order valence-electron chi connectivity index (χ0n) is 11.7. The highest BCUT2D eigenvalue weighted by Crippen LogP contribution is 2.17. The van der Waals surface area contributed by atoms with Crippen LogP contribution in [-0.4, -0.2) is 54.3 Å². The molecule has 1 aromatic rings. The third-order valence-corrected chi connectivity index (χ3v) is 3.32. The number of amides is 1. The molecule has 21 heavy (non-hydrogen) atoms. The molecule has 0 unspecified atom stereocenters. The van der Waals surface area contributed by atoms with Crippen LogP contribution >= 0.6 is 0 Å². The van der Waals surface area contributed by atoms with Crippen molar-refractivity contribution in [2.75, 3.05) is 26.4 Å². The number of carboxylic acid groups (broad SMARTS) is 1. The minimum Gasteiger partial charge on any atom is -0.491 e. The number of benzene rings is 1. The van der Waals surface area contributed by atoms with E-state index < -0.39 is 12.0 Å². The lowest BCUT2D eigenvalue weighted by molar-refractivity contribution is -0.150. The van der Waals surface area contributed by atoms with Gasteiger partial charge in [-0.2, -0.15) is 0 Å². The summed E-state index contributed by atoms with van der Waals surface area (Å²) in [4.78, 5) is 24.3. The van der Waals surface area contributed by atoms with Crippen molar-refractivity contribution in [2.45, 2.75) is 18.9 Å². The molecule has 6 heteroatoms. The monoisotopic (exact) mass is 293 g/mol.